The molecular formula is C5H8N2O3. The van der Waals surface area contributed by atoms with Gasteiger partial charge in [-0.05, 0) is 6.92 Å². The molecular weight excluding hydrogens is 136 g/mol. The molecule has 1 atom stereocenters. The van der Waals surface area contributed by atoms with Crippen molar-refractivity contribution in [2.45, 2.75) is 19.6 Å². The van der Waals surface area contributed by atoms with Crippen molar-refractivity contribution in [1.29, 1.82) is 0 Å². The van der Waals surface area contributed by atoms with Gasteiger partial charge in [-0.25, -0.2) is 4.79 Å². The Bertz CT molecular complexity index is 249. The maximum Gasteiger partial charge on any atom is 0.436 e. The average Bonchev–Trinajstić information content (AvgIpc) is 2.15. The lowest BCUT2D eigenvalue weighted by Crippen LogP contribution is -2.22. The number of rotatable bonds is 2. The summed E-state index contributed by atoms with van der Waals surface area (Å²) in [4.78, 5) is 10.6. The Morgan fingerprint density at radius 3 is 3.10 bits per heavy atom. The molecule has 56 valence electrons. The second kappa shape index (κ2) is 2.66. The molecule has 0 bridgehead atoms. The molecule has 5 nitrogen and oxygen atoms in total. The quantitative estimate of drug-likeness (QED) is 0.591. The van der Waals surface area contributed by atoms with Crippen LogP contribution in [0.1, 0.15) is 6.92 Å². The van der Waals surface area contributed by atoms with Gasteiger partial charge in [-0.3, -0.25) is 0 Å². The number of hydrogen-bond donors (Lipinski definition) is 1. The highest BCUT2D eigenvalue weighted by Crippen LogP contribution is 1.82. The van der Waals surface area contributed by atoms with Gasteiger partial charge in [0.15, 0.2) is 0 Å². The average molecular weight is 144 g/mol. The highest BCUT2D eigenvalue weighted by Gasteiger charge is 2.02. The molecule has 0 aliphatic rings. The standard InChI is InChI=1S/C5H8N2O3/c1-4(8)2-7-5(9)10-3-6-7/h3-4,8H,2H2,1H3. The Morgan fingerprint density at radius 2 is 2.70 bits per heavy atom. The van der Waals surface area contributed by atoms with Gasteiger partial charge in [0.1, 0.15) is 0 Å². The van der Waals surface area contributed by atoms with Crippen molar-refractivity contribution in [3.63, 3.8) is 0 Å². The van der Waals surface area contributed by atoms with Gasteiger partial charge < -0.3 is 9.52 Å². The van der Waals surface area contributed by atoms with Gasteiger partial charge in [-0.2, -0.15) is 4.68 Å². The number of aliphatic hydroxyl groups excluding tert-OH is 1. The molecule has 0 aromatic carbocycles. The van der Waals surface area contributed by atoms with Crippen molar-refractivity contribution in [1.82, 2.24) is 9.78 Å². The molecule has 0 spiro atoms. The van der Waals surface area contributed by atoms with Crippen LogP contribution in [0.2, 0.25) is 0 Å². The lowest BCUT2D eigenvalue weighted by molar-refractivity contribution is 0.165. The summed E-state index contributed by atoms with van der Waals surface area (Å²) in [5.74, 6) is -0.541. The topological polar surface area (TPSA) is 68.3 Å². The molecule has 1 unspecified atom stereocenters. The van der Waals surface area contributed by atoms with Gasteiger partial charge in [0.2, 0.25) is 6.39 Å². The third-order valence-electron chi connectivity index (χ3n) is 0.988. The van der Waals surface area contributed by atoms with Crippen LogP contribution in [-0.4, -0.2) is 21.0 Å². The lowest BCUT2D eigenvalue weighted by atomic mass is 10.4. The van der Waals surface area contributed by atoms with Crippen molar-refractivity contribution < 1.29 is 9.52 Å². The van der Waals surface area contributed by atoms with Crippen molar-refractivity contribution in [3.8, 4) is 0 Å². The van der Waals surface area contributed by atoms with E-state index in [4.69, 9.17) is 5.11 Å². The van der Waals surface area contributed by atoms with E-state index in [1.54, 1.807) is 6.92 Å². The van der Waals surface area contributed by atoms with Gasteiger partial charge in [-0.1, -0.05) is 0 Å². The number of aromatic nitrogens is 2. The zero-order valence-electron chi connectivity index (χ0n) is 5.52. The van der Waals surface area contributed by atoms with Crippen molar-refractivity contribution in [3.05, 3.63) is 16.9 Å². The summed E-state index contributed by atoms with van der Waals surface area (Å²) in [6, 6.07) is 0. The molecule has 1 heterocycles. The fraction of sp³-hybridized carbons (Fsp3) is 0.600. The molecule has 5 heteroatoms. The van der Waals surface area contributed by atoms with Crippen LogP contribution in [-0.2, 0) is 6.54 Å². The first-order valence-corrected chi connectivity index (χ1v) is 2.89. The Hall–Kier alpha value is -1.10. The van der Waals surface area contributed by atoms with Crippen LogP contribution >= 0.6 is 0 Å². The van der Waals surface area contributed by atoms with E-state index in [9.17, 15) is 4.79 Å². The molecule has 0 aliphatic carbocycles. The molecule has 10 heavy (non-hydrogen) atoms. The van der Waals surface area contributed by atoms with Crippen LogP contribution in [0.4, 0.5) is 0 Å². The van der Waals surface area contributed by atoms with E-state index in [0.717, 1.165) is 11.1 Å². The summed E-state index contributed by atoms with van der Waals surface area (Å²) in [5.41, 5.74) is 0. The first kappa shape index (κ1) is 7.01. The predicted molar refractivity (Wildman–Crippen MR) is 32.4 cm³/mol. The van der Waals surface area contributed by atoms with E-state index in [2.05, 4.69) is 9.52 Å². The maximum absolute atomic E-state index is 10.6. The van der Waals surface area contributed by atoms with Gasteiger partial charge in [0.05, 0.1) is 12.6 Å². The SMILES string of the molecule is CC(O)Cn1ncoc1=O. The summed E-state index contributed by atoms with van der Waals surface area (Å²) in [5, 5.41) is 12.3. The molecule has 0 saturated carbocycles. The second-order valence-corrected chi connectivity index (χ2v) is 2.04. The third kappa shape index (κ3) is 1.44. The summed E-state index contributed by atoms with van der Waals surface area (Å²) in [6.45, 7) is 1.75. The molecule has 0 amide bonds. The third-order valence-corrected chi connectivity index (χ3v) is 0.988. The molecule has 1 N–H and O–H groups in total. The minimum absolute atomic E-state index is 0.176. The summed E-state index contributed by atoms with van der Waals surface area (Å²) < 4.78 is 5.41. The monoisotopic (exact) mass is 144 g/mol. The lowest BCUT2D eigenvalue weighted by Gasteiger charge is -1.99. The first-order chi connectivity index (χ1) is 4.70. The van der Waals surface area contributed by atoms with E-state index in [-0.39, 0.29) is 6.54 Å². The fourth-order valence-electron chi connectivity index (χ4n) is 0.605. The van der Waals surface area contributed by atoms with E-state index >= 15 is 0 Å². The Kier molecular flexibility index (Phi) is 1.86. The molecule has 1 rings (SSSR count). The zero-order chi connectivity index (χ0) is 7.56. The Balaban J connectivity index is 2.75. The van der Waals surface area contributed by atoms with Crippen LogP contribution < -0.4 is 5.76 Å². The molecule has 1 aromatic rings. The summed E-state index contributed by atoms with van der Waals surface area (Å²) >= 11 is 0. The first-order valence-electron chi connectivity index (χ1n) is 2.89. The van der Waals surface area contributed by atoms with Crippen molar-refractivity contribution in [2.24, 2.45) is 0 Å². The molecule has 0 fully saturated rings. The van der Waals surface area contributed by atoms with E-state index in [1.807, 2.05) is 0 Å². The maximum atomic E-state index is 10.6. The Labute approximate surface area is 56.9 Å². The number of nitrogens with zero attached hydrogens (tertiary/aromatic N) is 2. The van der Waals surface area contributed by atoms with Crippen LogP contribution in [0.15, 0.2) is 15.6 Å². The largest absolute Gasteiger partial charge is 0.436 e. The van der Waals surface area contributed by atoms with E-state index in [1.165, 1.54) is 0 Å². The predicted octanol–water partition coefficient (Wildman–Crippen LogP) is -0.783. The normalized spacial score (nSPS) is 13.4. The van der Waals surface area contributed by atoms with Gasteiger partial charge in [-0.15, -0.1) is 5.10 Å². The van der Waals surface area contributed by atoms with Gasteiger partial charge in [0, 0.05) is 0 Å². The van der Waals surface area contributed by atoms with Gasteiger partial charge in [0.25, 0.3) is 0 Å². The molecule has 0 saturated heterocycles. The number of aliphatic hydroxyl groups is 1. The molecule has 0 aliphatic heterocycles. The van der Waals surface area contributed by atoms with Gasteiger partial charge >= 0.3 is 5.76 Å². The number of hydrogen-bond acceptors (Lipinski definition) is 4. The minimum atomic E-state index is -0.581. The van der Waals surface area contributed by atoms with Crippen LogP contribution in [0, 0.1) is 0 Å². The van der Waals surface area contributed by atoms with Crippen molar-refractivity contribution >= 4 is 0 Å². The minimum Gasteiger partial charge on any atom is -0.395 e. The van der Waals surface area contributed by atoms with Crippen LogP contribution in [0.5, 0.6) is 0 Å². The highest BCUT2D eigenvalue weighted by atomic mass is 16.4. The summed E-state index contributed by atoms with van der Waals surface area (Å²) in [7, 11) is 0. The summed E-state index contributed by atoms with van der Waals surface area (Å²) in [6.07, 6.45) is 0.466. The highest BCUT2D eigenvalue weighted by molar-refractivity contribution is 4.54. The van der Waals surface area contributed by atoms with Crippen LogP contribution in [0.25, 0.3) is 0 Å². The zero-order valence-corrected chi connectivity index (χ0v) is 5.52. The van der Waals surface area contributed by atoms with E-state index in [0.29, 0.717) is 0 Å². The molecule has 0 radical (unpaired) electrons. The van der Waals surface area contributed by atoms with E-state index < -0.39 is 11.9 Å². The smallest absolute Gasteiger partial charge is 0.395 e. The Morgan fingerprint density at radius 1 is 2.00 bits per heavy atom. The van der Waals surface area contributed by atoms with Crippen molar-refractivity contribution in [2.75, 3.05) is 0 Å². The van der Waals surface area contributed by atoms with Crippen LogP contribution in [0.3, 0.4) is 0 Å². The second-order valence-electron chi connectivity index (χ2n) is 2.04. The fourth-order valence-corrected chi connectivity index (χ4v) is 0.605. The molecule has 1 aromatic heterocycles.